The molecule has 0 radical (unpaired) electrons. The van der Waals surface area contributed by atoms with Gasteiger partial charge in [-0.15, -0.1) is 5.10 Å². The van der Waals surface area contributed by atoms with Crippen LogP contribution in [-0.4, -0.2) is 34.8 Å². The Hall–Kier alpha value is -2.62. The average Bonchev–Trinajstić information content (AvgIpc) is 3.02. The fourth-order valence-electron chi connectivity index (χ4n) is 2.56. The smallest absolute Gasteiger partial charge is 0.337 e. The standard InChI is InChI=1S/C19H19FN4O2S2/c1-23(11-13-3-5-14(6-4-13)17(25)26-2)12-24-19(27)28-18(22-24)21-16-9-7-15(20)8-10-16/h3-10H,11-12H2,1-2H3,(H,21,22). The first-order chi connectivity index (χ1) is 13.4. The van der Waals surface area contributed by atoms with Crippen LogP contribution in [0.2, 0.25) is 0 Å². The summed E-state index contributed by atoms with van der Waals surface area (Å²) < 4.78 is 20.1. The zero-order valence-corrected chi connectivity index (χ0v) is 17.0. The number of halogens is 1. The molecule has 9 heteroatoms. The maximum absolute atomic E-state index is 13.0. The molecule has 1 N–H and O–H groups in total. The lowest BCUT2D eigenvalue weighted by Gasteiger charge is -2.16. The molecule has 0 saturated heterocycles. The number of rotatable bonds is 7. The summed E-state index contributed by atoms with van der Waals surface area (Å²) in [4.78, 5) is 13.6. The SMILES string of the molecule is COC(=O)c1ccc(CN(C)Cn2nc(Nc3ccc(F)cc3)sc2=S)cc1. The highest BCUT2D eigenvalue weighted by Gasteiger charge is 2.09. The molecule has 3 aromatic rings. The molecule has 1 aromatic heterocycles. The number of benzene rings is 2. The summed E-state index contributed by atoms with van der Waals surface area (Å²) in [5.74, 6) is -0.639. The van der Waals surface area contributed by atoms with E-state index in [4.69, 9.17) is 17.0 Å². The molecule has 0 aliphatic rings. The molecule has 0 fully saturated rings. The Bertz CT molecular complexity index is 1000. The van der Waals surface area contributed by atoms with Crippen molar-refractivity contribution >= 4 is 40.3 Å². The van der Waals surface area contributed by atoms with Gasteiger partial charge in [0.25, 0.3) is 0 Å². The van der Waals surface area contributed by atoms with E-state index >= 15 is 0 Å². The van der Waals surface area contributed by atoms with Gasteiger partial charge < -0.3 is 10.1 Å². The Morgan fingerprint density at radius 1 is 1.25 bits per heavy atom. The Labute approximate surface area is 171 Å². The van der Waals surface area contributed by atoms with Crippen molar-refractivity contribution in [2.45, 2.75) is 13.2 Å². The minimum Gasteiger partial charge on any atom is -0.465 e. The van der Waals surface area contributed by atoms with Crippen LogP contribution in [0.4, 0.5) is 15.2 Å². The van der Waals surface area contributed by atoms with Crippen LogP contribution in [0.25, 0.3) is 0 Å². The predicted molar refractivity (Wildman–Crippen MR) is 110 cm³/mol. The highest BCUT2D eigenvalue weighted by molar-refractivity contribution is 7.73. The molecule has 6 nitrogen and oxygen atoms in total. The van der Waals surface area contributed by atoms with Crippen LogP contribution in [0.15, 0.2) is 48.5 Å². The van der Waals surface area contributed by atoms with Crippen LogP contribution in [-0.2, 0) is 18.0 Å². The summed E-state index contributed by atoms with van der Waals surface area (Å²) in [7, 11) is 3.32. The van der Waals surface area contributed by atoms with Crippen LogP contribution in [0, 0.1) is 9.77 Å². The number of nitrogens with one attached hydrogen (secondary N) is 1. The molecule has 28 heavy (non-hydrogen) atoms. The van der Waals surface area contributed by atoms with Crippen molar-refractivity contribution in [1.29, 1.82) is 0 Å². The van der Waals surface area contributed by atoms with Gasteiger partial charge in [0.2, 0.25) is 5.13 Å². The Morgan fingerprint density at radius 3 is 2.57 bits per heavy atom. The van der Waals surface area contributed by atoms with E-state index in [1.54, 1.807) is 28.9 Å². The van der Waals surface area contributed by atoms with E-state index < -0.39 is 0 Å². The molecule has 0 amide bonds. The molecule has 0 saturated carbocycles. The van der Waals surface area contributed by atoms with Gasteiger partial charge in [-0.1, -0.05) is 23.5 Å². The molecule has 146 valence electrons. The summed E-state index contributed by atoms with van der Waals surface area (Å²) in [6.45, 7) is 1.18. The third-order valence-electron chi connectivity index (χ3n) is 3.90. The van der Waals surface area contributed by atoms with Crippen molar-refractivity contribution in [2.75, 3.05) is 19.5 Å². The van der Waals surface area contributed by atoms with Crippen LogP contribution in [0.3, 0.4) is 0 Å². The van der Waals surface area contributed by atoms with E-state index in [0.717, 1.165) is 11.3 Å². The second kappa shape index (κ2) is 9.05. The fourth-order valence-corrected chi connectivity index (χ4v) is 3.57. The van der Waals surface area contributed by atoms with Crippen LogP contribution in [0.5, 0.6) is 0 Å². The first-order valence-electron chi connectivity index (χ1n) is 8.41. The van der Waals surface area contributed by atoms with Gasteiger partial charge >= 0.3 is 5.97 Å². The number of ether oxygens (including phenoxy) is 1. The number of hydrogen-bond donors (Lipinski definition) is 1. The van der Waals surface area contributed by atoms with Crippen molar-refractivity contribution in [3.8, 4) is 0 Å². The first-order valence-corrected chi connectivity index (χ1v) is 9.63. The summed E-state index contributed by atoms with van der Waals surface area (Å²) in [6.07, 6.45) is 0. The second-order valence-corrected chi connectivity index (χ2v) is 7.77. The summed E-state index contributed by atoms with van der Waals surface area (Å²) >= 11 is 6.75. The third kappa shape index (κ3) is 5.22. The number of esters is 1. The molecular formula is C19H19FN4O2S2. The van der Waals surface area contributed by atoms with Gasteiger partial charge in [-0.05, 0) is 61.2 Å². The van der Waals surface area contributed by atoms with Crippen molar-refractivity contribution in [3.63, 3.8) is 0 Å². The van der Waals surface area contributed by atoms with Gasteiger partial charge in [0.05, 0.1) is 19.3 Å². The minimum absolute atomic E-state index is 0.287. The van der Waals surface area contributed by atoms with Gasteiger partial charge in [-0.2, -0.15) is 0 Å². The largest absolute Gasteiger partial charge is 0.465 e. The van der Waals surface area contributed by atoms with Crippen molar-refractivity contribution in [3.05, 3.63) is 69.4 Å². The number of nitrogens with zero attached hydrogens (tertiary/aromatic N) is 3. The first kappa shape index (κ1) is 20.1. The molecule has 1 heterocycles. The lowest BCUT2D eigenvalue weighted by atomic mass is 10.1. The maximum atomic E-state index is 13.0. The molecule has 0 bridgehead atoms. The number of carbonyl (C=O) groups is 1. The van der Waals surface area contributed by atoms with E-state index in [1.165, 1.54) is 30.6 Å². The quantitative estimate of drug-likeness (QED) is 0.452. The molecule has 0 aliphatic carbocycles. The molecule has 3 rings (SSSR count). The Kier molecular flexibility index (Phi) is 6.50. The summed E-state index contributed by atoms with van der Waals surface area (Å²) in [5, 5.41) is 8.26. The molecule has 0 unspecified atom stereocenters. The Morgan fingerprint density at radius 2 is 1.93 bits per heavy atom. The van der Waals surface area contributed by atoms with Crippen LogP contribution >= 0.6 is 23.6 Å². The minimum atomic E-state index is -0.352. The van der Waals surface area contributed by atoms with Crippen molar-refractivity contribution in [2.24, 2.45) is 0 Å². The third-order valence-corrected chi connectivity index (χ3v) is 5.13. The van der Waals surface area contributed by atoms with E-state index in [2.05, 4.69) is 15.3 Å². The maximum Gasteiger partial charge on any atom is 0.337 e. The van der Waals surface area contributed by atoms with E-state index in [0.29, 0.717) is 27.9 Å². The monoisotopic (exact) mass is 418 g/mol. The van der Waals surface area contributed by atoms with Crippen LogP contribution in [0.1, 0.15) is 15.9 Å². The van der Waals surface area contributed by atoms with Gasteiger partial charge in [-0.25, -0.2) is 13.9 Å². The number of carbonyl (C=O) groups excluding carboxylic acids is 1. The van der Waals surface area contributed by atoms with Gasteiger partial charge in [0.1, 0.15) is 5.82 Å². The zero-order valence-electron chi connectivity index (χ0n) is 15.4. The van der Waals surface area contributed by atoms with E-state index in [1.807, 2.05) is 19.2 Å². The topological polar surface area (TPSA) is 59.4 Å². The van der Waals surface area contributed by atoms with Crippen LogP contribution < -0.4 is 5.32 Å². The van der Waals surface area contributed by atoms with Gasteiger partial charge in [0, 0.05) is 12.2 Å². The highest BCUT2D eigenvalue weighted by atomic mass is 32.1. The number of aromatic nitrogens is 2. The Balaban J connectivity index is 1.61. The van der Waals surface area contributed by atoms with Gasteiger partial charge in [-0.3, -0.25) is 4.90 Å². The lowest BCUT2D eigenvalue weighted by Crippen LogP contribution is -2.22. The lowest BCUT2D eigenvalue weighted by molar-refractivity contribution is 0.0600. The molecular weight excluding hydrogens is 399 g/mol. The van der Waals surface area contributed by atoms with Crippen molar-refractivity contribution < 1.29 is 13.9 Å². The summed E-state index contributed by atoms with van der Waals surface area (Å²) in [5.41, 5.74) is 2.32. The molecule has 2 aromatic carbocycles. The molecule has 0 spiro atoms. The molecule has 0 atom stereocenters. The molecule has 0 aliphatic heterocycles. The summed E-state index contributed by atoms with van der Waals surface area (Å²) in [6, 6.07) is 13.3. The fraction of sp³-hybridized carbons (Fsp3) is 0.211. The average molecular weight is 419 g/mol. The number of methoxy groups -OCH3 is 1. The van der Waals surface area contributed by atoms with E-state index in [9.17, 15) is 9.18 Å². The normalized spacial score (nSPS) is 10.9. The number of hydrogen-bond acceptors (Lipinski definition) is 7. The number of anilines is 2. The van der Waals surface area contributed by atoms with Gasteiger partial charge in [0.15, 0.2) is 3.95 Å². The highest BCUT2D eigenvalue weighted by Crippen LogP contribution is 2.21. The van der Waals surface area contributed by atoms with Crippen molar-refractivity contribution in [1.82, 2.24) is 14.7 Å². The second-order valence-electron chi connectivity index (χ2n) is 6.15. The predicted octanol–water partition coefficient (Wildman–Crippen LogP) is 4.43. The van der Waals surface area contributed by atoms with E-state index in [-0.39, 0.29) is 11.8 Å². The zero-order chi connectivity index (χ0) is 20.1.